The molecule has 0 fully saturated rings. The van der Waals surface area contributed by atoms with Gasteiger partial charge in [0.15, 0.2) is 0 Å². The lowest BCUT2D eigenvalue weighted by atomic mass is 10.1. The van der Waals surface area contributed by atoms with Crippen molar-refractivity contribution in [3.8, 4) is 0 Å². The fourth-order valence-electron chi connectivity index (χ4n) is 2.28. The highest BCUT2D eigenvalue weighted by Gasteiger charge is 2.12. The first-order chi connectivity index (χ1) is 11.6. The van der Waals surface area contributed by atoms with E-state index in [9.17, 15) is 0 Å². The SMILES string of the molecule is Cc1ccc(Cn2nc(C)c(/C=N\Nc3ccccn3)c2Cl)cc1. The molecular weight excluding hydrogens is 322 g/mol. The molecule has 2 aromatic heterocycles. The minimum absolute atomic E-state index is 0.569. The number of rotatable bonds is 5. The van der Waals surface area contributed by atoms with Crippen molar-refractivity contribution >= 4 is 23.6 Å². The second-order valence-corrected chi connectivity index (χ2v) is 5.88. The van der Waals surface area contributed by atoms with Gasteiger partial charge in [0.1, 0.15) is 11.0 Å². The quantitative estimate of drug-likeness (QED) is 0.563. The lowest BCUT2D eigenvalue weighted by Crippen LogP contribution is -2.02. The molecule has 0 bridgehead atoms. The number of aryl methyl sites for hydroxylation is 2. The highest BCUT2D eigenvalue weighted by atomic mass is 35.5. The van der Waals surface area contributed by atoms with Crippen LogP contribution in [0.25, 0.3) is 0 Å². The van der Waals surface area contributed by atoms with E-state index in [0.29, 0.717) is 17.5 Å². The summed E-state index contributed by atoms with van der Waals surface area (Å²) in [5.41, 5.74) is 6.89. The van der Waals surface area contributed by atoms with Gasteiger partial charge in [0.25, 0.3) is 0 Å². The van der Waals surface area contributed by atoms with E-state index in [4.69, 9.17) is 11.6 Å². The van der Waals surface area contributed by atoms with Crippen molar-refractivity contribution in [3.63, 3.8) is 0 Å². The standard InChI is InChI=1S/C18H18ClN5/c1-13-6-8-15(9-7-13)12-24-18(19)16(14(2)23-24)11-21-22-17-5-3-4-10-20-17/h3-11H,12H2,1-2H3,(H,20,22)/b21-11-. The molecule has 0 unspecified atom stereocenters. The van der Waals surface area contributed by atoms with E-state index in [0.717, 1.165) is 16.8 Å². The maximum Gasteiger partial charge on any atom is 0.146 e. The van der Waals surface area contributed by atoms with Crippen LogP contribution >= 0.6 is 11.6 Å². The molecule has 3 aromatic rings. The van der Waals surface area contributed by atoms with Gasteiger partial charge in [-0.2, -0.15) is 10.2 Å². The first-order valence-corrected chi connectivity index (χ1v) is 8.00. The highest BCUT2D eigenvalue weighted by Crippen LogP contribution is 2.19. The third-order valence-electron chi connectivity index (χ3n) is 3.60. The summed E-state index contributed by atoms with van der Waals surface area (Å²) in [6.45, 7) is 4.61. The molecule has 5 nitrogen and oxygen atoms in total. The molecule has 0 aliphatic carbocycles. The molecule has 122 valence electrons. The van der Waals surface area contributed by atoms with Crippen molar-refractivity contribution in [2.45, 2.75) is 20.4 Å². The normalized spacial score (nSPS) is 11.1. The van der Waals surface area contributed by atoms with Crippen molar-refractivity contribution in [1.82, 2.24) is 14.8 Å². The predicted octanol–water partition coefficient (Wildman–Crippen LogP) is 4.04. The molecular formula is C18H18ClN5. The molecule has 0 radical (unpaired) electrons. The van der Waals surface area contributed by atoms with Crippen LogP contribution in [-0.4, -0.2) is 21.0 Å². The number of halogens is 1. The summed E-state index contributed by atoms with van der Waals surface area (Å²) in [5, 5.41) is 9.26. The number of hydrazone groups is 1. The molecule has 24 heavy (non-hydrogen) atoms. The molecule has 1 aromatic carbocycles. The highest BCUT2D eigenvalue weighted by molar-refractivity contribution is 6.32. The topological polar surface area (TPSA) is 55.1 Å². The lowest BCUT2D eigenvalue weighted by molar-refractivity contribution is 0.680. The second kappa shape index (κ2) is 7.27. The Morgan fingerprint density at radius 1 is 1.17 bits per heavy atom. The van der Waals surface area contributed by atoms with Crippen LogP contribution < -0.4 is 5.43 Å². The molecule has 0 aliphatic rings. The van der Waals surface area contributed by atoms with Crippen LogP contribution in [0.5, 0.6) is 0 Å². The molecule has 0 saturated heterocycles. The van der Waals surface area contributed by atoms with Gasteiger partial charge in [-0.1, -0.05) is 47.5 Å². The Kier molecular flexibility index (Phi) is 4.91. The Labute approximate surface area is 146 Å². The Bertz CT molecular complexity index is 838. The average molecular weight is 340 g/mol. The zero-order valence-corrected chi connectivity index (χ0v) is 14.3. The van der Waals surface area contributed by atoms with E-state index in [2.05, 4.69) is 51.8 Å². The van der Waals surface area contributed by atoms with Gasteiger partial charge in [0.05, 0.1) is 24.0 Å². The van der Waals surface area contributed by atoms with E-state index in [1.165, 1.54) is 5.56 Å². The molecule has 0 aliphatic heterocycles. The Morgan fingerprint density at radius 3 is 2.67 bits per heavy atom. The van der Waals surface area contributed by atoms with Crippen LogP contribution in [0.3, 0.4) is 0 Å². The smallest absolute Gasteiger partial charge is 0.146 e. The third kappa shape index (κ3) is 3.81. The summed E-state index contributed by atoms with van der Waals surface area (Å²) in [7, 11) is 0. The molecule has 1 N–H and O–H groups in total. The predicted molar refractivity (Wildman–Crippen MR) is 97.7 cm³/mol. The van der Waals surface area contributed by atoms with E-state index in [1.54, 1.807) is 17.1 Å². The van der Waals surface area contributed by atoms with Gasteiger partial charge in [-0.05, 0) is 31.5 Å². The van der Waals surface area contributed by atoms with Crippen LogP contribution in [0.1, 0.15) is 22.4 Å². The summed E-state index contributed by atoms with van der Waals surface area (Å²) in [5.74, 6) is 0.676. The minimum atomic E-state index is 0.569. The van der Waals surface area contributed by atoms with Crippen molar-refractivity contribution in [2.75, 3.05) is 5.43 Å². The molecule has 3 rings (SSSR count). The Hall–Kier alpha value is -2.66. The van der Waals surface area contributed by atoms with Gasteiger partial charge in [0.2, 0.25) is 0 Å². The van der Waals surface area contributed by atoms with Crippen LogP contribution in [0, 0.1) is 13.8 Å². The fraction of sp³-hybridized carbons (Fsp3) is 0.167. The molecule has 0 atom stereocenters. The fourth-order valence-corrected chi connectivity index (χ4v) is 2.56. The molecule has 6 heteroatoms. The number of aromatic nitrogens is 3. The summed E-state index contributed by atoms with van der Waals surface area (Å²) in [6, 6.07) is 13.9. The summed E-state index contributed by atoms with van der Waals surface area (Å²) < 4.78 is 1.78. The van der Waals surface area contributed by atoms with Crippen molar-refractivity contribution in [3.05, 3.63) is 76.2 Å². The van der Waals surface area contributed by atoms with Crippen molar-refractivity contribution in [1.29, 1.82) is 0 Å². The van der Waals surface area contributed by atoms with Gasteiger partial charge in [-0.25, -0.2) is 9.67 Å². The van der Waals surface area contributed by atoms with Crippen molar-refractivity contribution in [2.24, 2.45) is 5.10 Å². The van der Waals surface area contributed by atoms with Crippen molar-refractivity contribution < 1.29 is 0 Å². The van der Waals surface area contributed by atoms with E-state index < -0.39 is 0 Å². The number of nitrogens with zero attached hydrogens (tertiary/aromatic N) is 4. The molecule has 0 amide bonds. The monoisotopic (exact) mass is 339 g/mol. The van der Waals surface area contributed by atoms with E-state index >= 15 is 0 Å². The van der Waals surface area contributed by atoms with Gasteiger partial charge in [-0.15, -0.1) is 0 Å². The number of hydrogen-bond donors (Lipinski definition) is 1. The molecule has 0 saturated carbocycles. The van der Waals surface area contributed by atoms with Gasteiger partial charge < -0.3 is 0 Å². The van der Waals surface area contributed by atoms with Crippen LogP contribution in [0.15, 0.2) is 53.8 Å². The first-order valence-electron chi connectivity index (χ1n) is 7.62. The van der Waals surface area contributed by atoms with Crippen LogP contribution in [0.4, 0.5) is 5.82 Å². The largest absolute Gasteiger partial charge is 0.261 e. The zero-order chi connectivity index (χ0) is 16.9. The van der Waals surface area contributed by atoms with E-state index in [1.807, 2.05) is 25.1 Å². The van der Waals surface area contributed by atoms with Gasteiger partial charge in [-0.3, -0.25) is 5.43 Å². The lowest BCUT2D eigenvalue weighted by Gasteiger charge is -2.04. The number of hydrogen-bond acceptors (Lipinski definition) is 4. The average Bonchev–Trinajstić information content (AvgIpc) is 2.85. The maximum atomic E-state index is 6.46. The summed E-state index contributed by atoms with van der Waals surface area (Å²) >= 11 is 6.46. The van der Waals surface area contributed by atoms with E-state index in [-0.39, 0.29) is 0 Å². The molecule has 0 spiro atoms. The van der Waals surface area contributed by atoms with Gasteiger partial charge >= 0.3 is 0 Å². The first kappa shape index (κ1) is 16.2. The summed E-state index contributed by atoms with van der Waals surface area (Å²) in [4.78, 5) is 4.14. The van der Waals surface area contributed by atoms with Gasteiger partial charge in [0, 0.05) is 6.20 Å². The Balaban J connectivity index is 1.75. The zero-order valence-electron chi connectivity index (χ0n) is 13.6. The number of anilines is 1. The number of nitrogens with one attached hydrogen (secondary N) is 1. The third-order valence-corrected chi connectivity index (χ3v) is 4.00. The number of benzene rings is 1. The van der Waals surface area contributed by atoms with Crippen LogP contribution in [0.2, 0.25) is 5.15 Å². The number of pyridine rings is 1. The van der Waals surface area contributed by atoms with Crippen LogP contribution in [-0.2, 0) is 6.54 Å². The summed E-state index contributed by atoms with van der Waals surface area (Å²) in [6.07, 6.45) is 3.38. The second-order valence-electron chi connectivity index (χ2n) is 5.52. The maximum absolute atomic E-state index is 6.46. The Morgan fingerprint density at radius 2 is 1.96 bits per heavy atom. The molecule has 2 heterocycles. The minimum Gasteiger partial charge on any atom is -0.261 e.